The van der Waals surface area contributed by atoms with Crippen LogP contribution in [-0.2, 0) is 0 Å². The van der Waals surface area contributed by atoms with Crippen LogP contribution in [0.1, 0.15) is 71.1 Å². The molecule has 0 bridgehead atoms. The average Bonchev–Trinajstić information content (AvgIpc) is 2.41. The van der Waals surface area contributed by atoms with Gasteiger partial charge < -0.3 is 0 Å². The van der Waals surface area contributed by atoms with E-state index in [9.17, 15) is 0 Å². The molecule has 0 aromatic heterocycles. The lowest BCUT2D eigenvalue weighted by Crippen LogP contribution is -2.24. The Morgan fingerprint density at radius 2 is 1.10 bits per heavy atom. The van der Waals surface area contributed by atoms with E-state index in [0.29, 0.717) is 0 Å². The monoisotopic (exact) mass is 345 g/mol. The highest BCUT2D eigenvalue weighted by Gasteiger charge is 1.99. The van der Waals surface area contributed by atoms with Crippen molar-refractivity contribution in [2.75, 3.05) is 19.6 Å². The summed E-state index contributed by atoms with van der Waals surface area (Å²) in [6.45, 7) is 13.1. The smallest absolute Gasteiger partial charge is 0.0163 e. The second-order valence-corrected chi connectivity index (χ2v) is 5.52. The summed E-state index contributed by atoms with van der Waals surface area (Å²) in [5, 5.41) is 0. The van der Waals surface area contributed by atoms with E-state index in [4.69, 9.17) is 0 Å². The van der Waals surface area contributed by atoms with Gasteiger partial charge in [0.25, 0.3) is 0 Å². The topological polar surface area (TPSA) is 3.24 Å². The molecule has 0 aliphatic heterocycles. The Kier molecular flexibility index (Phi) is 21.0. The number of halogens is 1. The number of hydrogen-bond donors (Lipinski definition) is 0. The molecule has 0 rings (SSSR count). The van der Waals surface area contributed by atoms with Crippen molar-refractivity contribution < 1.29 is 0 Å². The average molecular weight is 346 g/mol. The number of hydrogen-bond acceptors (Lipinski definition) is 1. The molecular weight excluding hydrogens is 310 g/mol. The van der Waals surface area contributed by atoms with Crippen LogP contribution in [0.15, 0.2) is 25.3 Å². The van der Waals surface area contributed by atoms with E-state index in [1.54, 1.807) is 0 Å². The zero-order chi connectivity index (χ0) is 14.2. The predicted octanol–water partition coefficient (Wildman–Crippen LogP) is 6.16. The van der Waals surface area contributed by atoms with Gasteiger partial charge in [0.05, 0.1) is 0 Å². The van der Waals surface area contributed by atoms with Gasteiger partial charge in [0, 0.05) is 13.1 Å². The van der Waals surface area contributed by atoms with Crippen molar-refractivity contribution in [3.8, 4) is 0 Å². The second kappa shape index (κ2) is 18.9. The van der Waals surface area contributed by atoms with E-state index in [-0.39, 0.29) is 17.0 Å². The maximum absolute atomic E-state index is 3.81. The minimum Gasteiger partial charge on any atom is -0.296 e. The van der Waals surface area contributed by atoms with Crippen molar-refractivity contribution in [1.82, 2.24) is 4.90 Å². The molecule has 0 unspecified atom stereocenters. The first-order valence-electron chi connectivity index (χ1n) is 8.29. The number of nitrogens with zero attached hydrogens (tertiary/aromatic N) is 1. The van der Waals surface area contributed by atoms with E-state index < -0.39 is 0 Å². The van der Waals surface area contributed by atoms with Crippen molar-refractivity contribution in [2.45, 2.75) is 71.1 Å². The summed E-state index contributed by atoms with van der Waals surface area (Å²) in [5.74, 6) is 0. The SMILES string of the molecule is Br.C=CCN(CC=C)CCCCCCCCCCCC. The molecule has 0 aliphatic carbocycles. The molecule has 120 valence electrons. The Labute approximate surface area is 138 Å². The van der Waals surface area contributed by atoms with Crippen LogP contribution in [0.4, 0.5) is 0 Å². The minimum absolute atomic E-state index is 0. The van der Waals surface area contributed by atoms with Crippen LogP contribution in [0, 0.1) is 0 Å². The third kappa shape index (κ3) is 16.0. The maximum Gasteiger partial charge on any atom is 0.0163 e. The zero-order valence-corrected chi connectivity index (χ0v) is 15.3. The van der Waals surface area contributed by atoms with Gasteiger partial charge >= 0.3 is 0 Å². The quantitative estimate of drug-likeness (QED) is 0.253. The van der Waals surface area contributed by atoms with Crippen LogP contribution < -0.4 is 0 Å². The highest BCUT2D eigenvalue weighted by molar-refractivity contribution is 8.93. The number of unbranched alkanes of at least 4 members (excludes halogenated alkanes) is 9. The van der Waals surface area contributed by atoms with E-state index in [2.05, 4.69) is 25.0 Å². The molecule has 0 aromatic rings. The molecule has 0 amide bonds. The van der Waals surface area contributed by atoms with Gasteiger partial charge in [-0.1, -0.05) is 76.9 Å². The molecule has 1 nitrogen and oxygen atoms in total. The lowest BCUT2D eigenvalue weighted by molar-refractivity contribution is 0.324. The summed E-state index contributed by atoms with van der Waals surface area (Å²) in [4.78, 5) is 2.41. The van der Waals surface area contributed by atoms with Crippen molar-refractivity contribution >= 4 is 17.0 Å². The minimum atomic E-state index is 0. The maximum atomic E-state index is 3.81. The Bertz CT molecular complexity index is 194. The van der Waals surface area contributed by atoms with Crippen molar-refractivity contribution in [2.24, 2.45) is 0 Å². The van der Waals surface area contributed by atoms with Gasteiger partial charge in [-0.3, -0.25) is 4.90 Å². The van der Waals surface area contributed by atoms with Crippen LogP contribution in [0.25, 0.3) is 0 Å². The Balaban J connectivity index is 0. The third-order valence-electron chi connectivity index (χ3n) is 3.60. The van der Waals surface area contributed by atoms with Gasteiger partial charge in [-0.05, 0) is 13.0 Å². The standard InChI is InChI=1S/C18H35N.BrH/c1-4-7-8-9-10-11-12-13-14-15-18-19(16-5-2)17-6-3;/h5-6H,2-4,7-18H2,1H3;1H. The van der Waals surface area contributed by atoms with Crippen molar-refractivity contribution in [1.29, 1.82) is 0 Å². The van der Waals surface area contributed by atoms with Gasteiger partial charge in [-0.25, -0.2) is 0 Å². The first-order chi connectivity index (χ1) is 9.35. The summed E-state index contributed by atoms with van der Waals surface area (Å²) in [7, 11) is 0. The fourth-order valence-corrected chi connectivity index (χ4v) is 2.45. The Morgan fingerprint density at radius 1 is 0.700 bits per heavy atom. The molecule has 20 heavy (non-hydrogen) atoms. The van der Waals surface area contributed by atoms with Gasteiger partial charge in [0.1, 0.15) is 0 Å². The summed E-state index contributed by atoms with van der Waals surface area (Å²) >= 11 is 0. The zero-order valence-electron chi connectivity index (χ0n) is 13.6. The fraction of sp³-hybridized carbons (Fsp3) is 0.778. The largest absolute Gasteiger partial charge is 0.296 e. The van der Waals surface area contributed by atoms with E-state index in [1.807, 2.05) is 12.2 Å². The van der Waals surface area contributed by atoms with Gasteiger partial charge in [-0.15, -0.1) is 30.1 Å². The first-order valence-corrected chi connectivity index (χ1v) is 8.29. The lowest BCUT2D eigenvalue weighted by atomic mass is 10.1. The van der Waals surface area contributed by atoms with E-state index in [1.165, 1.54) is 70.8 Å². The molecule has 0 aliphatic rings. The number of rotatable bonds is 15. The Morgan fingerprint density at radius 3 is 1.50 bits per heavy atom. The molecule has 2 heteroatoms. The second-order valence-electron chi connectivity index (χ2n) is 5.52. The lowest BCUT2D eigenvalue weighted by Gasteiger charge is -2.18. The Hall–Kier alpha value is -0.0800. The molecule has 0 saturated carbocycles. The van der Waals surface area contributed by atoms with Gasteiger partial charge in [0.15, 0.2) is 0 Å². The normalized spacial score (nSPS) is 10.3. The van der Waals surface area contributed by atoms with Crippen LogP contribution >= 0.6 is 17.0 Å². The molecule has 0 atom stereocenters. The highest BCUT2D eigenvalue weighted by Crippen LogP contribution is 2.10. The van der Waals surface area contributed by atoms with Crippen LogP contribution in [0.2, 0.25) is 0 Å². The molecule has 0 radical (unpaired) electrons. The molecule has 0 N–H and O–H groups in total. The highest BCUT2D eigenvalue weighted by atomic mass is 79.9. The van der Waals surface area contributed by atoms with Crippen LogP contribution in [0.3, 0.4) is 0 Å². The molecule has 0 aromatic carbocycles. The molecule has 0 spiro atoms. The summed E-state index contributed by atoms with van der Waals surface area (Å²) < 4.78 is 0. The van der Waals surface area contributed by atoms with Crippen LogP contribution in [-0.4, -0.2) is 24.5 Å². The summed E-state index contributed by atoms with van der Waals surface area (Å²) in [6, 6.07) is 0. The predicted molar refractivity (Wildman–Crippen MR) is 99.0 cm³/mol. The molecular formula is C18H36BrN. The third-order valence-corrected chi connectivity index (χ3v) is 3.60. The van der Waals surface area contributed by atoms with E-state index in [0.717, 1.165) is 13.1 Å². The van der Waals surface area contributed by atoms with Gasteiger partial charge in [-0.2, -0.15) is 0 Å². The summed E-state index contributed by atoms with van der Waals surface area (Å²) in [5.41, 5.74) is 0. The summed E-state index contributed by atoms with van der Waals surface area (Å²) in [6.07, 6.45) is 18.0. The van der Waals surface area contributed by atoms with Gasteiger partial charge in [0.2, 0.25) is 0 Å². The fourth-order valence-electron chi connectivity index (χ4n) is 2.45. The first kappa shape index (κ1) is 22.2. The van der Waals surface area contributed by atoms with Crippen molar-refractivity contribution in [3.05, 3.63) is 25.3 Å². The van der Waals surface area contributed by atoms with Crippen molar-refractivity contribution in [3.63, 3.8) is 0 Å². The van der Waals surface area contributed by atoms with E-state index >= 15 is 0 Å². The molecule has 0 heterocycles. The molecule has 0 fully saturated rings. The van der Waals surface area contributed by atoms with Crippen LogP contribution in [0.5, 0.6) is 0 Å². The molecule has 0 saturated heterocycles.